The van der Waals surface area contributed by atoms with Gasteiger partial charge in [0.1, 0.15) is 11.6 Å². The minimum Gasteiger partial charge on any atom is -0.480 e. The second kappa shape index (κ2) is 12.0. The van der Waals surface area contributed by atoms with Crippen LogP contribution in [0.4, 0.5) is 4.79 Å². The molecule has 0 spiro atoms. The molecule has 0 radical (unpaired) electrons. The number of carbonyl (C=O) groups is 4. The minimum absolute atomic E-state index is 0.0797. The van der Waals surface area contributed by atoms with Crippen molar-refractivity contribution in [3.8, 4) is 0 Å². The number of alkyl carbamates (subject to hydrolysis) is 1. The monoisotopic (exact) mass is 454 g/mol. The van der Waals surface area contributed by atoms with Gasteiger partial charge in [-0.2, -0.15) is 0 Å². The SMILES string of the molecule is CC(C)(C)OC(=O)N[C@@H](CNC(=O)[C@@H]1CCCN(C(=O)CCC2CCNCC2)C1)C(=O)O. The van der Waals surface area contributed by atoms with E-state index < -0.39 is 23.7 Å². The quantitative estimate of drug-likeness (QED) is 0.431. The molecule has 4 N–H and O–H groups in total. The molecule has 0 saturated carbocycles. The minimum atomic E-state index is -1.31. The van der Waals surface area contributed by atoms with E-state index in [1.807, 2.05) is 0 Å². The molecule has 2 atom stereocenters. The van der Waals surface area contributed by atoms with E-state index in [1.54, 1.807) is 25.7 Å². The van der Waals surface area contributed by atoms with Crippen molar-refractivity contribution in [2.75, 3.05) is 32.7 Å². The van der Waals surface area contributed by atoms with Gasteiger partial charge < -0.3 is 30.7 Å². The number of carboxylic acids is 1. The van der Waals surface area contributed by atoms with E-state index in [2.05, 4.69) is 16.0 Å². The Morgan fingerprint density at radius 1 is 1.16 bits per heavy atom. The van der Waals surface area contributed by atoms with E-state index >= 15 is 0 Å². The standard InChI is InChI=1S/C22H38N4O6/c1-22(2,3)32-21(31)25-17(20(29)30)13-24-19(28)16-5-4-12-26(14-16)18(27)7-6-15-8-10-23-11-9-15/h15-17,23H,4-14H2,1-3H3,(H,24,28)(H,25,31)(H,29,30)/t16-,17+/m1/s1. The maximum absolute atomic E-state index is 12.6. The lowest BCUT2D eigenvalue weighted by atomic mass is 9.92. The molecule has 0 unspecified atom stereocenters. The number of nitrogens with one attached hydrogen (secondary N) is 3. The highest BCUT2D eigenvalue weighted by atomic mass is 16.6. The zero-order valence-corrected chi connectivity index (χ0v) is 19.4. The van der Waals surface area contributed by atoms with Crippen LogP contribution >= 0.6 is 0 Å². The number of carbonyl (C=O) groups excluding carboxylic acids is 3. The summed E-state index contributed by atoms with van der Waals surface area (Å²) in [6.07, 6.45) is 4.09. The summed E-state index contributed by atoms with van der Waals surface area (Å²) in [6.45, 7) is 7.76. The van der Waals surface area contributed by atoms with Crippen LogP contribution in [0, 0.1) is 11.8 Å². The predicted molar refractivity (Wildman–Crippen MR) is 118 cm³/mol. The third kappa shape index (κ3) is 9.02. The maximum atomic E-state index is 12.6. The summed E-state index contributed by atoms with van der Waals surface area (Å²) in [5.74, 6) is -1.30. The van der Waals surface area contributed by atoms with Gasteiger partial charge in [-0.25, -0.2) is 9.59 Å². The summed E-state index contributed by atoms with van der Waals surface area (Å²) in [6, 6.07) is -1.31. The van der Waals surface area contributed by atoms with Gasteiger partial charge in [0, 0.05) is 26.1 Å². The Balaban J connectivity index is 1.79. The van der Waals surface area contributed by atoms with Crippen LogP contribution < -0.4 is 16.0 Å². The van der Waals surface area contributed by atoms with Crippen LogP contribution in [0.1, 0.15) is 59.3 Å². The fourth-order valence-corrected chi connectivity index (χ4v) is 4.07. The second-order valence-electron chi connectivity index (χ2n) is 9.69. The van der Waals surface area contributed by atoms with Gasteiger partial charge in [0.2, 0.25) is 11.8 Å². The first-order chi connectivity index (χ1) is 15.0. The highest BCUT2D eigenvalue weighted by molar-refractivity contribution is 5.83. The van der Waals surface area contributed by atoms with Crippen LogP contribution in [-0.2, 0) is 19.1 Å². The summed E-state index contributed by atoms with van der Waals surface area (Å²) >= 11 is 0. The van der Waals surface area contributed by atoms with Gasteiger partial charge in [-0.05, 0) is 71.9 Å². The van der Waals surface area contributed by atoms with Crippen molar-refractivity contribution in [3.05, 3.63) is 0 Å². The molecule has 2 aliphatic rings. The molecule has 182 valence electrons. The zero-order chi connectivity index (χ0) is 23.7. The average molecular weight is 455 g/mol. The van der Waals surface area contributed by atoms with Crippen molar-refractivity contribution < 1.29 is 29.0 Å². The predicted octanol–water partition coefficient (Wildman–Crippen LogP) is 1.10. The number of likely N-dealkylation sites (tertiary alicyclic amines) is 1. The Hall–Kier alpha value is -2.36. The molecule has 0 aromatic heterocycles. The van der Waals surface area contributed by atoms with Crippen molar-refractivity contribution in [1.29, 1.82) is 0 Å². The molecule has 0 bridgehead atoms. The Bertz CT molecular complexity index is 672. The van der Waals surface area contributed by atoms with Crippen molar-refractivity contribution in [1.82, 2.24) is 20.9 Å². The van der Waals surface area contributed by atoms with Crippen LogP contribution in [0.15, 0.2) is 0 Å². The van der Waals surface area contributed by atoms with Gasteiger partial charge in [-0.1, -0.05) is 0 Å². The Kier molecular flexibility index (Phi) is 9.74. The topological polar surface area (TPSA) is 137 Å². The first kappa shape index (κ1) is 25.9. The van der Waals surface area contributed by atoms with E-state index in [9.17, 15) is 24.3 Å². The summed E-state index contributed by atoms with van der Waals surface area (Å²) in [5, 5.41) is 17.5. The van der Waals surface area contributed by atoms with Crippen LogP contribution in [0.2, 0.25) is 0 Å². The van der Waals surface area contributed by atoms with E-state index in [0.717, 1.165) is 38.8 Å². The highest BCUT2D eigenvalue weighted by Crippen LogP contribution is 2.21. The normalized spacial score (nSPS) is 20.8. The van der Waals surface area contributed by atoms with Gasteiger partial charge in [0.25, 0.3) is 0 Å². The number of ether oxygens (including phenoxy) is 1. The van der Waals surface area contributed by atoms with Crippen LogP contribution in [0.3, 0.4) is 0 Å². The van der Waals surface area contributed by atoms with E-state index in [-0.39, 0.29) is 24.3 Å². The highest BCUT2D eigenvalue weighted by Gasteiger charge is 2.30. The molecule has 3 amide bonds. The third-order valence-corrected chi connectivity index (χ3v) is 5.84. The molecule has 2 rings (SSSR count). The summed E-state index contributed by atoms with van der Waals surface area (Å²) in [4.78, 5) is 50.3. The molecule has 2 heterocycles. The van der Waals surface area contributed by atoms with Crippen molar-refractivity contribution in [2.24, 2.45) is 11.8 Å². The number of carboxylic acid groups (broad SMARTS) is 1. The lowest BCUT2D eigenvalue weighted by molar-refractivity contribution is -0.139. The number of hydrogen-bond donors (Lipinski definition) is 4. The molecule has 0 aromatic rings. The van der Waals surface area contributed by atoms with Gasteiger partial charge in [0.05, 0.1) is 5.92 Å². The second-order valence-corrected chi connectivity index (χ2v) is 9.69. The summed E-state index contributed by atoms with van der Waals surface area (Å²) in [5.41, 5.74) is -0.762. The fourth-order valence-electron chi connectivity index (χ4n) is 4.07. The van der Waals surface area contributed by atoms with Gasteiger partial charge in [0.15, 0.2) is 0 Å². The number of aliphatic carboxylic acids is 1. The van der Waals surface area contributed by atoms with E-state index in [1.165, 1.54) is 0 Å². The zero-order valence-electron chi connectivity index (χ0n) is 19.4. The molecule has 32 heavy (non-hydrogen) atoms. The lowest BCUT2D eigenvalue weighted by Crippen LogP contribution is -2.52. The molecule has 2 fully saturated rings. The van der Waals surface area contributed by atoms with Crippen LogP contribution in [0.5, 0.6) is 0 Å². The average Bonchev–Trinajstić information content (AvgIpc) is 2.74. The third-order valence-electron chi connectivity index (χ3n) is 5.84. The van der Waals surface area contributed by atoms with Crippen molar-refractivity contribution in [2.45, 2.75) is 70.9 Å². The van der Waals surface area contributed by atoms with Gasteiger partial charge >= 0.3 is 12.1 Å². The van der Waals surface area contributed by atoms with E-state index in [4.69, 9.17) is 4.74 Å². The van der Waals surface area contributed by atoms with Crippen molar-refractivity contribution >= 4 is 23.9 Å². The van der Waals surface area contributed by atoms with Crippen molar-refractivity contribution in [3.63, 3.8) is 0 Å². The molecule has 0 aromatic carbocycles. The number of rotatable bonds is 8. The first-order valence-electron chi connectivity index (χ1n) is 11.5. The molecular weight excluding hydrogens is 416 g/mol. The fraction of sp³-hybridized carbons (Fsp3) is 0.818. The van der Waals surface area contributed by atoms with Crippen LogP contribution in [-0.4, -0.2) is 78.3 Å². The molecule has 2 saturated heterocycles. The Morgan fingerprint density at radius 3 is 2.47 bits per heavy atom. The Morgan fingerprint density at radius 2 is 1.84 bits per heavy atom. The number of amides is 3. The smallest absolute Gasteiger partial charge is 0.408 e. The van der Waals surface area contributed by atoms with Gasteiger partial charge in [-0.15, -0.1) is 0 Å². The molecule has 10 heteroatoms. The number of piperidine rings is 2. The summed E-state index contributed by atoms with van der Waals surface area (Å²) in [7, 11) is 0. The first-order valence-corrected chi connectivity index (χ1v) is 11.5. The van der Waals surface area contributed by atoms with Crippen LogP contribution in [0.25, 0.3) is 0 Å². The summed E-state index contributed by atoms with van der Waals surface area (Å²) < 4.78 is 5.07. The molecule has 0 aliphatic carbocycles. The molecule has 10 nitrogen and oxygen atoms in total. The van der Waals surface area contributed by atoms with E-state index in [0.29, 0.717) is 31.8 Å². The maximum Gasteiger partial charge on any atom is 0.408 e. The lowest BCUT2D eigenvalue weighted by Gasteiger charge is -2.33. The van der Waals surface area contributed by atoms with Gasteiger partial charge in [-0.3, -0.25) is 9.59 Å². The Labute approximate surface area is 189 Å². The number of nitrogens with zero attached hydrogens (tertiary/aromatic N) is 1. The largest absolute Gasteiger partial charge is 0.480 e. The molecule has 2 aliphatic heterocycles. The number of hydrogen-bond acceptors (Lipinski definition) is 6. The molecular formula is C22H38N4O6.